The molecule has 2 aliphatic heterocycles. The van der Waals surface area contributed by atoms with Crippen LogP contribution in [0.2, 0.25) is 5.02 Å². The first-order valence-electron chi connectivity index (χ1n) is 11.5. The van der Waals surface area contributed by atoms with Crippen LogP contribution < -0.4 is 15.5 Å². The molecule has 0 atom stereocenters. The van der Waals surface area contributed by atoms with E-state index in [0.29, 0.717) is 30.4 Å². The van der Waals surface area contributed by atoms with Crippen molar-refractivity contribution < 1.29 is 9.59 Å². The zero-order chi connectivity index (χ0) is 23.5. The van der Waals surface area contributed by atoms with E-state index in [-0.39, 0.29) is 11.9 Å². The van der Waals surface area contributed by atoms with Gasteiger partial charge in [-0.15, -0.1) is 0 Å². The monoisotopic (exact) mass is 470 g/mol. The SMILES string of the molecule is CCNC(=O)c1ccc(N2CCN(Cc3cc(Cl)c4c(c3)NC(=O)N(CC)C4)CC2)c(C)n1. The molecule has 176 valence electrons. The summed E-state index contributed by atoms with van der Waals surface area (Å²) in [5, 5.41) is 6.47. The fourth-order valence-electron chi connectivity index (χ4n) is 4.44. The van der Waals surface area contributed by atoms with Gasteiger partial charge in [-0.25, -0.2) is 9.78 Å². The molecule has 0 bridgehead atoms. The van der Waals surface area contributed by atoms with Gasteiger partial charge in [0.25, 0.3) is 5.91 Å². The van der Waals surface area contributed by atoms with E-state index in [1.165, 1.54) is 0 Å². The summed E-state index contributed by atoms with van der Waals surface area (Å²) in [6, 6.07) is 7.78. The molecule has 0 aliphatic carbocycles. The van der Waals surface area contributed by atoms with Crippen LogP contribution in [0.25, 0.3) is 0 Å². The van der Waals surface area contributed by atoms with Crippen molar-refractivity contribution in [1.29, 1.82) is 0 Å². The lowest BCUT2D eigenvalue weighted by atomic mass is 10.1. The number of hydrogen-bond donors (Lipinski definition) is 2. The standard InChI is InChI=1S/C24H31ClN6O2/c1-4-26-23(32)20-6-7-22(16(3)27-20)31-10-8-29(9-11-31)14-17-12-19(25)18-15-30(5-2)24(33)28-21(18)13-17/h6-7,12-13H,4-5,8-11,14-15H2,1-3H3,(H,26,32)(H,28,33). The number of halogens is 1. The molecule has 0 saturated carbocycles. The van der Waals surface area contributed by atoms with Gasteiger partial charge >= 0.3 is 6.03 Å². The molecule has 8 nitrogen and oxygen atoms in total. The number of piperazine rings is 1. The first kappa shape index (κ1) is 23.3. The Balaban J connectivity index is 1.38. The number of pyridine rings is 1. The Morgan fingerprint density at radius 3 is 2.61 bits per heavy atom. The summed E-state index contributed by atoms with van der Waals surface area (Å²) < 4.78 is 0. The lowest BCUT2D eigenvalue weighted by Crippen LogP contribution is -2.46. The van der Waals surface area contributed by atoms with Crippen molar-refractivity contribution >= 4 is 34.9 Å². The van der Waals surface area contributed by atoms with Crippen molar-refractivity contribution in [2.45, 2.75) is 33.9 Å². The molecule has 33 heavy (non-hydrogen) atoms. The van der Waals surface area contributed by atoms with Crippen LogP contribution in [0.5, 0.6) is 0 Å². The van der Waals surface area contributed by atoms with E-state index < -0.39 is 0 Å². The van der Waals surface area contributed by atoms with Crippen molar-refractivity contribution in [3.63, 3.8) is 0 Å². The Morgan fingerprint density at radius 2 is 1.94 bits per heavy atom. The summed E-state index contributed by atoms with van der Waals surface area (Å²) in [6.45, 7) is 11.9. The number of rotatable bonds is 6. The average Bonchev–Trinajstić information content (AvgIpc) is 2.79. The number of carbonyl (C=O) groups is 2. The molecular formula is C24H31ClN6O2. The molecule has 0 spiro atoms. The molecule has 1 fully saturated rings. The second kappa shape index (κ2) is 9.97. The van der Waals surface area contributed by atoms with Gasteiger partial charge in [0.1, 0.15) is 5.69 Å². The molecule has 9 heteroatoms. The Kier molecular flexibility index (Phi) is 7.05. The van der Waals surface area contributed by atoms with E-state index in [1.807, 2.05) is 39.0 Å². The molecule has 3 amide bonds. The third-order valence-electron chi connectivity index (χ3n) is 6.26. The van der Waals surface area contributed by atoms with Crippen molar-refractivity contribution in [3.8, 4) is 0 Å². The Hall–Kier alpha value is -2.84. The number of anilines is 2. The van der Waals surface area contributed by atoms with Gasteiger partial charge in [-0.2, -0.15) is 0 Å². The summed E-state index contributed by atoms with van der Waals surface area (Å²) in [6.07, 6.45) is 0. The van der Waals surface area contributed by atoms with Crippen LogP contribution in [-0.2, 0) is 13.1 Å². The van der Waals surface area contributed by atoms with Gasteiger partial charge in [-0.3, -0.25) is 9.69 Å². The lowest BCUT2D eigenvalue weighted by Gasteiger charge is -2.37. The largest absolute Gasteiger partial charge is 0.368 e. The van der Waals surface area contributed by atoms with Crippen molar-refractivity contribution in [1.82, 2.24) is 20.1 Å². The summed E-state index contributed by atoms with van der Waals surface area (Å²) in [4.78, 5) is 35.2. The first-order valence-corrected chi connectivity index (χ1v) is 11.9. The zero-order valence-corrected chi connectivity index (χ0v) is 20.2. The average molecular weight is 471 g/mol. The minimum absolute atomic E-state index is 0.0750. The van der Waals surface area contributed by atoms with Crippen molar-refractivity contribution in [3.05, 3.63) is 51.8 Å². The maximum atomic E-state index is 12.2. The molecule has 1 saturated heterocycles. The molecule has 3 heterocycles. The highest BCUT2D eigenvalue weighted by molar-refractivity contribution is 6.32. The van der Waals surface area contributed by atoms with Crippen LogP contribution in [-0.4, -0.2) is 66.0 Å². The van der Waals surface area contributed by atoms with Gasteiger partial charge < -0.3 is 20.4 Å². The fraction of sp³-hybridized carbons (Fsp3) is 0.458. The number of nitrogens with zero attached hydrogens (tertiary/aromatic N) is 4. The van der Waals surface area contributed by atoms with Gasteiger partial charge in [-0.05, 0) is 50.6 Å². The van der Waals surface area contributed by atoms with Crippen LogP contribution >= 0.6 is 11.6 Å². The molecule has 1 aromatic carbocycles. The number of urea groups is 1. The molecule has 1 aromatic heterocycles. The number of nitrogens with one attached hydrogen (secondary N) is 2. The Morgan fingerprint density at radius 1 is 1.18 bits per heavy atom. The zero-order valence-electron chi connectivity index (χ0n) is 19.4. The molecule has 2 N–H and O–H groups in total. The topological polar surface area (TPSA) is 80.8 Å². The highest BCUT2D eigenvalue weighted by Gasteiger charge is 2.25. The predicted octanol–water partition coefficient (Wildman–Crippen LogP) is 3.48. The van der Waals surface area contributed by atoms with Crippen molar-refractivity contribution in [2.24, 2.45) is 0 Å². The summed E-state index contributed by atoms with van der Waals surface area (Å²) in [5.41, 5.74) is 5.29. The Labute approximate surface area is 199 Å². The maximum absolute atomic E-state index is 12.2. The third-order valence-corrected chi connectivity index (χ3v) is 6.60. The minimum Gasteiger partial charge on any atom is -0.368 e. The van der Waals surface area contributed by atoms with Gasteiger partial charge in [-0.1, -0.05) is 11.6 Å². The molecule has 4 rings (SSSR count). The number of benzene rings is 1. The van der Waals surface area contributed by atoms with Gasteiger partial charge in [0.05, 0.1) is 17.9 Å². The van der Waals surface area contributed by atoms with E-state index in [0.717, 1.165) is 60.9 Å². The van der Waals surface area contributed by atoms with Gasteiger partial charge in [0.15, 0.2) is 0 Å². The summed E-state index contributed by atoms with van der Waals surface area (Å²) in [5.74, 6) is -0.140. The number of hydrogen-bond acceptors (Lipinski definition) is 5. The van der Waals surface area contributed by atoms with Gasteiger partial charge in [0, 0.05) is 62.1 Å². The second-order valence-corrected chi connectivity index (χ2v) is 8.88. The van der Waals surface area contributed by atoms with Gasteiger partial charge in [0.2, 0.25) is 0 Å². The number of carbonyl (C=O) groups excluding carboxylic acids is 2. The molecule has 2 aliphatic rings. The quantitative estimate of drug-likeness (QED) is 0.675. The molecule has 0 radical (unpaired) electrons. The smallest absolute Gasteiger partial charge is 0.322 e. The fourth-order valence-corrected chi connectivity index (χ4v) is 4.74. The van der Waals surface area contributed by atoms with Crippen LogP contribution in [0.15, 0.2) is 24.3 Å². The van der Waals surface area contributed by atoms with Crippen LogP contribution in [0.4, 0.5) is 16.2 Å². The summed E-state index contributed by atoms with van der Waals surface area (Å²) >= 11 is 6.57. The van der Waals surface area contributed by atoms with E-state index in [4.69, 9.17) is 11.6 Å². The van der Waals surface area contributed by atoms with Crippen LogP contribution in [0, 0.1) is 6.92 Å². The van der Waals surface area contributed by atoms with Crippen LogP contribution in [0.1, 0.15) is 41.2 Å². The second-order valence-electron chi connectivity index (χ2n) is 8.47. The number of aryl methyl sites for hydroxylation is 1. The highest BCUT2D eigenvalue weighted by atomic mass is 35.5. The number of fused-ring (bicyclic) bond motifs is 1. The normalized spacial score (nSPS) is 16.4. The van der Waals surface area contributed by atoms with E-state index in [2.05, 4.69) is 25.4 Å². The van der Waals surface area contributed by atoms with E-state index >= 15 is 0 Å². The number of aromatic nitrogens is 1. The predicted molar refractivity (Wildman–Crippen MR) is 131 cm³/mol. The Bertz CT molecular complexity index is 1050. The van der Waals surface area contributed by atoms with Crippen molar-refractivity contribution in [2.75, 3.05) is 49.5 Å². The van der Waals surface area contributed by atoms with Crippen LogP contribution in [0.3, 0.4) is 0 Å². The third kappa shape index (κ3) is 5.07. The number of amides is 3. The van der Waals surface area contributed by atoms with E-state index in [1.54, 1.807) is 11.0 Å². The molecular weight excluding hydrogens is 440 g/mol. The van der Waals surface area contributed by atoms with E-state index in [9.17, 15) is 9.59 Å². The maximum Gasteiger partial charge on any atom is 0.322 e. The lowest BCUT2D eigenvalue weighted by molar-refractivity contribution is 0.0950. The summed E-state index contributed by atoms with van der Waals surface area (Å²) in [7, 11) is 0. The first-order chi connectivity index (χ1) is 15.9. The minimum atomic E-state index is -0.140. The highest BCUT2D eigenvalue weighted by Crippen LogP contribution is 2.32. The molecule has 2 aromatic rings. The molecule has 0 unspecified atom stereocenters.